The van der Waals surface area contributed by atoms with Crippen molar-refractivity contribution < 1.29 is 18.7 Å². The highest BCUT2D eigenvalue weighted by Gasteiger charge is 2.34. The number of halogens is 2. The summed E-state index contributed by atoms with van der Waals surface area (Å²) in [6.07, 6.45) is 6.08. The lowest BCUT2D eigenvalue weighted by Gasteiger charge is -2.33. The van der Waals surface area contributed by atoms with E-state index < -0.39 is 6.43 Å². The van der Waals surface area contributed by atoms with Gasteiger partial charge in [0.1, 0.15) is 0 Å². The van der Waals surface area contributed by atoms with E-state index >= 15 is 0 Å². The van der Waals surface area contributed by atoms with E-state index in [0.29, 0.717) is 37.2 Å². The summed E-state index contributed by atoms with van der Waals surface area (Å²) in [5.74, 6) is 0.794. The molecule has 38 heavy (non-hydrogen) atoms. The molecule has 0 saturated heterocycles. The molecule has 3 aromatic rings. The normalized spacial score (nSPS) is 21.5. The number of amides is 1. The molecule has 1 amide bonds. The number of benzene rings is 1. The number of nitrogens with zero attached hydrogens (tertiary/aromatic N) is 6. The minimum Gasteiger partial charge on any atom is -0.393 e. The summed E-state index contributed by atoms with van der Waals surface area (Å²) < 4.78 is 32.5. The highest BCUT2D eigenvalue weighted by molar-refractivity contribution is 5.78. The number of aromatic nitrogens is 4. The molecule has 1 fully saturated rings. The van der Waals surface area contributed by atoms with Crippen LogP contribution in [0.5, 0.6) is 0 Å². The van der Waals surface area contributed by atoms with Crippen LogP contribution >= 0.6 is 0 Å². The van der Waals surface area contributed by atoms with Crippen molar-refractivity contribution in [3.8, 4) is 11.1 Å². The molecule has 202 valence electrons. The molecule has 2 aliphatic heterocycles. The largest absolute Gasteiger partial charge is 0.393 e. The van der Waals surface area contributed by atoms with E-state index in [-0.39, 0.29) is 23.6 Å². The van der Waals surface area contributed by atoms with Crippen LogP contribution < -0.4 is 4.90 Å². The third-order valence-electron chi connectivity index (χ3n) is 8.40. The number of rotatable bonds is 4. The second-order valence-corrected chi connectivity index (χ2v) is 10.9. The van der Waals surface area contributed by atoms with Crippen molar-refractivity contribution >= 4 is 17.4 Å². The monoisotopic (exact) mass is 524 g/mol. The van der Waals surface area contributed by atoms with E-state index in [2.05, 4.69) is 14.7 Å². The fraction of sp³-hybridized carbons (Fsp3) is 0.536. The molecular formula is C28H34F2N6O2. The van der Waals surface area contributed by atoms with Crippen LogP contribution in [0.3, 0.4) is 0 Å². The topological polar surface area (TPSA) is 79.4 Å². The molecule has 4 heterocycles. The summed E-state index contributed by atoms with van der Waals surface area (Å²) in [5.41, 5.74) is 5.12. The molecule has 2 aromatic heterocycles. The summed E-state index contributed by atoms with van der Waals surface area (Å²) in [7, 11) is 1.78. The van der Waals surface area contributed by atoms with Gasteiger partial charge in [0.2, 0.25) is 5.91 Å². The Hall–Kier alpha value is -3.27. The van der Waals surface area contributed by atoms with E-state index in [1.807, 2.05) is 11.0 Å². The van der Waals surface area contributed by atoms with Gasteiger partial charge in [-0.3, -0.25) is 14.2 Å². The molecule has 0 spiro atoms. The smallest absolute Gasteiger partial charge is 0.264 e. The van der Waals surface area contributed by atoms with Crippen molar-refractivity contribution in [2.45, 2.75) is 77.0 Å². The third kappa shape index (κ3) is 4.38. The lowest BCUT2D eigenvalue weighted by Crippen LogP contribution is -2.36. The Morgan fingerprint density at radius 3 is 2.61 bits per heavy atom. The van der Waals surface area contributed by atoms with Crippen molar-refractivity contribution in [1.29, 1.82) is 0 Å². The van der Waals surface area contributed by atoms with Crippen LogP contribution in [0.2, 0.25) is 0 Å². The first-order chi connectivity index (χ1) is 18.3. The van der Waals surface area contributed by atoms with Gasteiger partial charge in [-0.05, 0) is 61.8 Å². The molecule has 0 atom stereocenters. The van der Waals surface area contributed by atoms with Gasteiger partial charge in [-0.1, -0.05) is 0 Å². The maximum absolute atomic E-state index is 14.4. The minimum absolute atomic E-state index is 0.0106. The lowest BCUT2D eigenvalue weighted by atomic mass is 9.92. The van der Waals surface area contributed by atoms with Gasteiger partial charge in [0.05, 0.1) is 24.9 Å². The lowest BCUT2D eigenvalue weighted by molar-refractivity contribution is -0.129. The first-order valence-electron chi connectivity index (χ1n) is 13.6. The second-order valence-electron chi connectivity index (χ2n) is 10.9. The Bertz CT molecular complexity index is 1360. The zero-order chi connectivity index (χ0) is 26.6. The van der Waals surface area contributed by atoms with Gasteiger partial charge in [0.15, 0.2) is 5.82 Å². The van der Waals surface area contributed by atoms with Crippen LogP contribution in [0, 0.1) is 0 Å². The Kier molecular flexibility index (Phi) is 6.45. The Labute approximate surface area is 220 Å². The molecule has 1 N–H and O–H groups in total. The van der Waals surface area contributed by atoms with E-state index in [0.717, 1.165) is 66.9 Å². The van der Waals surface area contributed by atoms with Crippen molar-refractivity contribution in [1.82, 2.24) is 24.5 Å². The number of hydrogen-bond donors (Lipinski definition) is 1. The number of aryl methyl sites for hydroxylation is 2. The van der Waals surface area contributed by atoms with Gasteiger partial charge in [0, 0.05) is 67.8 Å². The molecule has 8 nitrogen and oxygen atoms in total. The summed E-state index contributed by atoms with van der Waals surface area (Å²) in [6.45, 7) is 3.37. The molecule has 10 heteroatoms. The number of alkyl halides is 2. The maximum atomic E-state index is 14.4. The Balaban J connectivity index is 1.46. The predicted molar refractivity (Wildman–Crippen MR) is 139 cm³/mol. The Morgan fingerprint density at radius 2 is 1.92 bits per heavy atom. The zero-order valence-electron chi connectivity index (χ0n) is 21.9. The van der Waals surface area contributed by atoms with E-state index in [1.165, 1.54) is 0 Å². The average Bonchev–Trinajstić information content (AvgIpc) is 3.51. The first kappa shape index (κ1) is 25.0. The third-order valence-corrected chi connectivity index (χ3v) is 8.40. The van der Waals surface area contributed by atoms with Gasteiger partial charge in [0.25, 0.3) is 6.43 Å². The summed E-state index contributed by atoms with van der Waals surface area (Å²) in [4.78, 5) is 16.2. The number of carbonyl (C=O) groups is 1. The number of fused-ring (bicyclic) bond motifs is 2. The summed E-state index contributed by atoms with van der Waals surface area (Å²) >= 11 is 0. The van der Waals surface area contributed by atoms with E-state index in [9.17, 15) is 18.7 Å². The van der Waals surface area contributed by atoms with Crippen molar-refractivity contribution in [3.05, 3.63) is 46.9 Å². The fourth-order valence-corrected chi connectivity index (χ4v) is 6.38. The average molecular weight is 525 g/mol. The number of aliphatic hydroxyl groups excluding tert-OH is 1. The van der Waals surface area contributed by atoms with Crippen molar-refractivity contribution in [2.24, 2.45) is 7.05 Å². The molecule has 0 bridgehead atoms. The zero-order valence-corrected chi connectivity index (χ0v) is 21.9. The Morgan fingerprint density at radius 1 is 1.13 bits per heavy atom. The highest BCUT2D eigenvalue weighted by Crippen LogP contribution is 2.44. The maximum Gasteiger partial charge on any atom is 0.264 e. The van der Waals surface area contributed by atoms with Gasteiger partial charge < -0.3 is 14.9 Å². The predicted octanol–water partition coefficient (Wildman–Crippen LogP) is 4.69. The first-order valence-corrected chi connectivity index (χ1v) is 13.6. The molecule has 1 aliphatic carbocycles. The second kappa shape index (κ2) is 9.80. The van der Waals surface area contributed by atoms with Gasteiger partial charge in [-0.25, -0.2) is 8.78 Å². The van der Waals surface area contributed by atoms with Crippen LogP contribution in [-0.4, -0.2) is 54.7 Å². The van der Waals surface area contributed by atoms with Crippen molar-refractivity contribution in [2.75, 3.05) is 18.0 Å². The fourth-order valence-electron chi connectivity index (χ4n) is 6.38. The van der Waals surface area contributed by atoms with Crippen LogP contribution in [0.15, 0.2) is 24.5 Å². The van der Waals surface area contributed by atoms with Crippen LogP contribution in [-0.2, 0) is 31.2 Å². The molecule has 6 rings (SSSR count). The number of hydrogen-bond acceptors (Lipinski definition) is 5. The number of anilines is 2. The van der Waals surface area contributed by atoms with E-state index in [4.69, 9.17) is 5.10 Å². The van der Waals surface area contributed by atoms with Crippen LogP contribution in [0.25, 0.3) is 11.1 Å². The molecule has 3 aliphatic rings. The standard InChI is InChI=1S/C28H34F2N6O2/c1-17(37)34-11-9-25-24(16-34)28(32-36(25)20-5-7-21(38)8-6-20)35-10-3-4-18-12-22(19-14-31-33(2)15-19)23(27(29)30)13-26(18)35/h12-15,20-21,27,38H,3-11,16H2,1-2H3. The minimum atomic E-state index is -2.63. The van der Waals surface area contributed by atoms with Crippen molar-refractivity contribution in [3.63, 3.8) is 0 Å². The van der Waals surface area contributed by atoms with Crippen LogP contribution in [0.1, 0.15) is 73.9 Å². The summed E-state index contributed by atoms with van der Waals surface area (Å²) in [6, 6.07) is 3.72. The summed E-state index contributed by atoms with van der Waals surface area (Å²) in [5, 5.41) is 19.4. The van der Waals surface area contributed by atoms with Gasteiger partial charge in [-0.15, -0.1) is 0 Å². The molecular weight excluding hydrogens is 490 g/mol. The van der Waals surface area contributed by atoms with Gasteiger partial charge >= 0.3 is 0 Å². The van der Waals surface area contributed by atoms with Gasteiger partial charge in [-0.2, -0.15) is 10.2 Å². The molecule has 0 unspecified atom stereocenters. The molecule has 0 radical (unpaired) electrons. The SMILES string of the molecule is CC(=O)N1CCc2c(c(N3CCCc4cc(-c5cnn(C)c5)c(C(F)F)cc43)nn2C2CCC(O)CC2)C1. The quantitative estimate of drug-likeness (QED) is 0.536. The highest BCUT2D eigenvalue weighted by atomic mass is 19.3. The number of aliphatic hydroxyl groups is 1. The molecule has 1 aromatic carbocycles. The van der Waals surface area contributed by atoms with E-state index in [1.54, 1.807) is 37.1 Å². The van der Waals surface area contributed by atoms with Crippen LogP contribution in [0.4, 0.5) is 20.3 Å². The molecule has 1 saturated carbocycles. The number of carbonyl (C=O) groups excluding carboxylic acids is 1.